The van der Waals surface area contributed by atoms with E-state index in [4.69, 9.17) is 5.11 Å². The highest BCUT2D eigenvalue weighted by Gasteiger charge is 2.15. The molecule has 3 aromatic heterocycles. The number of pyridine rings is 3. The highest BCUT2D eigenvalue weighted by molar-refractivity contribution is 5.92. The van der Waals surface area contributed by atoms with Crippen LogP contribution in [0.4, 0.5) is 0 Å². The van der Waals surface area contributed by atoms with Crippen LogP contribution in [0.1, 0.15) is 31.1 Å². The molecule has 0 atom stereocenters. The van der Waals surface area contributed by atoms with Crippen LogP contribution in [0.15, 0.2) is 48.8 Å². The zero-order chi connectivity index (χ0) is 20.3. The summed E-state index contributed by atoms with van der Waals surface area (Å²) in [5, 5.41) is 18.6. The number of carbonyl (C=O) groups excluding carboxylic acids is 1. The standard InChI is InChI=1S/C19H13N3O6/c1-28-19(27)11-3-5-21-14(7-11)16-9-12(18(25)26)8-15(22-16)13-6-10(17(23)24)2-4-20-13/h2-9H,1H3,(H,23,24)(H,25,26). The summed E-state index contributed by atoms with van der Waals surface area (Å²) in [5.74, 6) is -2.93. The van der Waals surface area contributed by atoms with E-state index in [2.05, 4.69) is 19.7 Å². The highest BCUT2D eigenvalue weighted by Crippen LogP contribution is 2.24. The molecule has 9 heteroatoms. The average molecular weight is 379 g/mol. The first-order chi connectivity index (χ1) is 13.4. The van der Waals surface area contributed by atoms with E-state index in [1.165, 1.54) is 55.9 Å². The SMILES string of the molecule is COC(=O)c1ccnc(-c2cc(C(=O)O)cc(-c3cc(C(=O)O)ccn3)n2)c1. The molecule has 0 saturated heterocycles. The van der Waals surface area contributed by atoms with E-state index in [9.17, 15) is 19.5 Å². The lowest BCUT2D eigenvalue weighted by Gasteiger charge is -2.08. The molecule has 0 saturated carbocycles. The number of hydrogen-bond acceptors (Lipinski definition) is 7. The van der Waals surface area contributed by atoms with E-state index in [0.29, 0.717) is 0 Å². The maximum Gasteiger partial charge on any atom is 0.337 e. The van der Waals surface area contributed by atoms with Crippen LogP contribution in [0.2, 0.25) is 0 Å². The van der Waals surface area contributed by atoms with Crippen LogP contribution < -0.4 is 0 Å². The van der Waals surface area contributed by atoms with E-state index in [0.717, 1.165) is 0 Å². The van der Waals surface area contributed by atoms with Crippen LogP contribution >= 0.6 is 0 Å². The first-order valence-electron chi connectivity index (χ1n) is 7.89. The van der Waals surface area contributed by atoms with Crippen molar-refractivity contribution in [3.63, 3.8) is 0 Å². The number of carboxylic acid groups (broad SMARTS) is 2. The van der Waals surface area contributed by atoms with E-state index in [-0.39, 0.29) is 39.5 Å². The molecule has 2 N–H and O–H groups in total. The molecule has 0 radical (unpaired) electrons. The van der Waals surface area contributed by atoms with Gasteiger partial charge < -0.3 is 14.9 Å². The summed E-state index contributed by atoms with van der Waals surface area (Å²) in [6.45, 7) is 0. The van der Waals surface area contributed by atoms with Crippen LogP contribution in [-0.2, 0) is 4.74 Å². The van der Waals surface area contributed by atoms with Gasteiger partial charge in [0.2, 0.25) is 0 Å². The van der Waals surface area contributed by atoms with Gasteiger partial charge in [0.05, 0.1) is 46.6 Å². The summed E-state index contributed by atoms with van der Waals surface area (Å²) in [5.41, 5.74) is 0.900. The van der Waals surface area contributed by atoms with Gasteiger partial charge in [0.25, 0.3) is 0 Å². The number of aromatic carboxylic acids is 2. The minimum Gasteiger partial charge on any atom is -0.478 e. The fourth-order valence-corrected chi connectivity index (χ4v) is 2.44. The first-order valence-corrected chi connectivity index (χ1v) is 7.89. The molecule has 3 heterocycles. The van der Waals surface area contributed by atoms with Crippen LogP contribution in [0.5, 0.6) is 0 Å². The Hall–Kier alpha value is -4.14. The maximum absolute atomic E-state index is 11.7. The average Bonchev–Trinajstić information content (AvgIpc) is 2.73. The Balaban J connectivity index is 2.16. The van der Waals surface area contributed by atoms with Crippen LogP contribution in [0, 0.1) is 0 Å². The number of ether oxygens (including phenoxy) is 1. The van der Waals surface area contributed by atoms with Crippen molar-refractivity contribution in [1.82, 2.24) is 15.0 Å². The van der Waals surface area contributed by atoms with Crippen molar-refractivity contribution in [2.45, 2.75) is 0 Å². The summed E-state index contributed by atoms with van der Waals surface area (Å²) < 4.78 is 4.67. The quantitative estimate of drug-likeness (QED) is 0.639. The van der Waals surface area contributed by atoms with Gasteiger partial charge in [-0.1, -0.05) is 0 Å². The third-order valence-electron chi connectivity index (χ3n) is 3.79. The lowest BCUT2D eigenvalue weighted by molar-refractivity contribution is 0.0599. The number of esters is 1. The van der Waals surface area contributed by atoms with Crippen molar-refractivity contribution in [1.29, 1.82) is 0 Å². The second kappa shape index (κ2) is 7.62. The number of carboxylic acids is 2. The number of methoxy groups -OCH3 is 1. The normalized spacial score (nSPS) is 10.3. The highest BCUT2D eigenvalue weighted by atomic mass is 16.5. The molecule has 0 aromatic carbocycles. The van der Waals surface area contributed by atoms with Gasteiger partial charge in [0.15, 0.2) is 0 Å². The molecule has 0 bridgehead atoms. The van der Waals surface area contributed by atoms with Crippen LogP contribution in [0.25, 0.3) is 22.8 Å². The van der Waals surface area contributed by atoms with Gasteiger partial charge in [-0.05, 0) is 36.4 Å². The molecular weight excluding hydrogens is 366 g/mol. The third-order valence-corrected chi connectivity index (χ3v) is 3.79. The molecule has 0 aliphatic heterocycles. The molecule has 0 unspecified atom stereocenters. The predicted molar refractivity (Wildman–Crippen MR) is 96.0 cm³/mol. The summed E-state index contributed by atoms with van der Waals surface area (Å²) in [6, 6.07) is 8.06. The van der Waals surface area contributed by atoms with E-state index in [1.807, 2.05) is 0 Å². The lowest BCUT2D eigenvalue weighted by Crippen LogP contribution is -2.04. The second-order valence-corrected chi connectivity index (χ2v) is 5.59. The summed E-state index contributed by atoms with van der Waals surface area (Å²) in [6.07, 6.45) is 2.67. The zero-order valence-electron chi connectivity index (χ0n) is 14.5. The van der Waals surface area contributed by atoms with Crippen LogP contribution in [-0.4, -0.2) is 50.2 Å². The molecule has 3 aromatic rings. The topological polar surface area (TPSA) is 140 Å². The van der Waals surface area contributed by atoms with Crippen molar-refractivity contribution in [3.05, 3.63) is 65.5 Å². The van der Waals surface area contributed by atoms with Gasteiger partial charge in [-0.3, -0.25) is 9.97 Å². The number of hydrogen-bond donors (Lipinski definition) is 2. The van der Waals surface area contributed by atoms with E-state index >= 15 is 0 Å². The summed E-state index contributed by atoms with van der Waals surface area (Å²) in [7, 11) is 1.24. The predicted octanol–water partition coefficient (Wildman–Crippen LogP) is 2.39. The molecule has 3 rings (SSSR count). The van der Waals surface area contributed by atoms with Gasteiger partial charge in [-0.2, -0.15) is 0 Å². The third kappa shape index (κ3) is 3.83. The fourth-order valence-electron chi connectivity index (χ4n) is 2.44. The number of carbonyl (C=O) groups is 3. The zero-order valence-corrected chi connectivity index (χ0v) is 14.5. The maximum atomic E-state index is 11.7. The Morgan fingerprint density at radius 3 is 1.71 bits per heavy atom. The van der Waals surface area contributed by atoms with Crippen molar-refractivity contribution in [3.8, 4) is 22.8 Å². The number of nitrogens with zero attached hydrogens (tertiary/aromatic N) is 3. The van der Waals surface area contributed by atoms with Crippen LogP contribution in [0.3, 0.4) is 0 Å². The Bertz CT molecular complexity index is 1100. The van der Waals surface area contributed by atoms with Gasteiger partial charge in [-0.15, -0.1) is 0 Å². The lowest BCUT2D eigenvalue weighted by atomic mass is 10.1. The summed E-state index contributed by atoms with van der Waals surface area (Å²) >= 11 is 0. The Morgan fingerprint density at radius 2 is 1.21 bits per heavy atom. The minimum atomic E-state index is -1.21. The van der Waals surface area contributed by atoms with Crippen molar-refractivity contribution >= 4 is 17.9 Å². The monoisotopic (exact) mass is 379 g/mol. The second-order valence-electron chi connectivity index (χ2n) is 5.59. The van der Waals surface area contributed by atoms with E-state index in [1.54, 1.807) is 0 Å². The van der Waals surface area contributed by atoms with Crippen molar-refractivity contribution < 1.29 is 29.3 Å². The van der Waals surface area contributed by atoms with Gasteiger partial charge in [-0.25, -0.2) is 19.4 Å². The van der Waals surface area contributed by atoms with E-state index < -0.39 is 17.9 Å². The molecule has 140 valence electrons. The first kappa shape index (κ1) is 18.6. The molecule has 0 spiro atoms. The van der Waals surface area contributed by atoms with Gasteiger partial charge >= 0.3 is 17.9 Å². The molecule has 0 aliphatic carbocycles. The Kier molecular flexibility index (Phi) is 5.07. The fraction of sp³-hybridized carbons (Fsp3) is 0.0526. The smallest absolute Gasteiger partial charge is 0.337 e. The Labute approximate surface area is 158 Å². The molecular formula is C19H13N3O6. The summed E-state index contributed by atoms with van der Waals surface area (Å²) in [4.78, 5) is 47.0. The van der Waals surface area contributed by atoms with Gasteiger partial charge in [0.1, 0.15) is 0 Å². The molecule has 0 aliphatic rings. The number of aromatic nitrogens is 3. The van der Waals surface area contributed by atoms with Crippen molar-refractivity contribution in [2.24, 2.45) is 0 Å². The van der Waals surface area contributed by atoms with Crippen molar-refractivity contribution in [2.75, 3.05) is 7.11 Å². The van der Waals surface area contributed by atoms with Gasteiger partial charge in [0, 0.05) is 12.4 Å². The molecule has 9 nitrogen and oxygen atoms in total. The Morgan fingerprint density at radius 1 is 0.750 bits per heavy atom. The molecule has 28 heavy (non-hydrogen) atoms. The molecule has 0 amide bonds. The largest absolute Gasteiger partial charge is 0.478 e. The minimum absolute atomic E-state index is 0.0140. The molecule has 0 fully saturated rings. The number of rotatable bonds is 5.